The average molecular weight is 324 g/mol. The molecule has 3 rings (SSSR count). The van der Waals surface area contributed by atoms with Crippen LogP contribution in [-0.4, -0.2) is 18.4 Å². The zero-order chi connectivity index (χ0) is 17.5. The maximum absolute atomic E-state index is 12.7. The molecule has 2 aromatic rings. The quantitative estimate of drug-likeness (QED) is 0.894. The molecule has 0 spiro atoms. The molecule has 126 valence electrons. The van der Waals surface area contributed by atoms with Gasteiger partial charge in [0, 0.05) is 34.0 Å². The molecule has 0 saturated carbocycles. The van der Waals surface area contributed by atoms with Crippen LogP contribution in [0, 0.1) is 5.41 Å². The second kappa shape index (κ2) is 5.93. The SMILES string of the molecule is CCCCN1C(=O)c2cccc3c(NC(=O)C(C)(C)C)ccc1c23. The van der Waals surface area contributed by atoms with Crippen molar-refractivity contribution in [2.24, 2.45) is 5.41 Å². The van der Waals surface area contributed by atoms with Gasteiger partial charge in [-0.05, 0) is 24.6 Å². The van der Waals surface area contributed by atoms with Gasteiger partial charge >= 0.3 is 0 Å². The number of benzene rings is 2. The van der Waals surface area contributed by atoms with Crippen molar-refractivity contribution in [3.63, 3.8) is 0 Å². The highest BCUT2D eigenvalue weighted by molar-refractivity contribution is 6.27. The number of carbonyl (C=O) groups is 2. The van der Waals surface area contributed by atoms with Gasteiger partial charge < -0.3 is 10.2 Å². The first-order valence-electron chi connectivity index (χ1n) is 8.53. The number of unbranched alkanes of at least 4 members (excludes halogenated alkanes) is 1. The van der Waals surface area contributed by atoms with Crippen molar-refractivity contribution in [3.05, 3.63) is 35.9 Å². The lowest BCUT2D eigenvalue weighted by Crippen LogP contribution is -2.28. The maximum Gasteiger partial charge on any atom is 0.258 e. The summed E-state index contributed by atoms with van der Waals surface area (Å²) in [4.78, 5) is 26.9. The predicted octanol–water partition coefficient (Wildman–Crippen LogP) is 4.58. The zero-order valence-corrected chi connectivity index (χ0v) is 14.8. The Balaban J connectivity index is 2.07. The molecule has 0 radical (unpaired) electrons. The molecule has 0 saturated heterocycles. The number of hydrogen-bond acceptors (Lipinski definition) is 2. The van der Waals surface area contributed by atoms with Crippen LogP contribution in [0.2, 0.25) is 0 Å². The first kappa shape index (κ1) is 16.5. The second-order valence-electron chi connectivity index (χ2n) is 7.37. The molecule has 0 aliphatic carbocycles. The Bertz CT molecular complexity index is 818. The lowest BCUT2D eigenvalue weighted by Gasteiger charge is -2.20. The van der Waals surface area contributed by atoms with Crippen molar-refractivity contribution < 1.29 is 9.59 Å². The van der Waals surface area contributed by atoms with Crippen LogP contribution in [0.3, 0.4) is 0 Å². The van der Waals surface area contributed by atoms with Crippen LogP contribution in [0.25, 0.3) is 10.8 Å². The molecule has 2 amide bonds. The van der Waals surface area contributed by atoms with E-state index >= 15 is 0 Å². The van der Waals surface area contributed by atoms with E-state index in [2.05, 4.69) is 12.2 Å². The van der Waals surface area contributed by atoms with Gasteiger partial charge in [0.15, 0.2) is 0 Å². The second-order valence-corrected chi connectivity index (χ2v) is 7.37. The van der Waals surface area contributed by atoms with Gasteiger partial charge in [0.05, 0.1) is 5.69 Å². The van der Waals surface area contributed by atoms with Crippen molar-refractivity contribution in [2.75, 3.05) is 16.8 Å². The van der Waals surface area contributed by atoms with Crippen LogP contribution in [0.1, 0.15) is 50.9 Å². The van der Waals surface area contributed by atoms with E-state index in [1.165, 1.54) is 0 Å². The monoisotopic (exact) mass is 324 g/mol. The van der Waals surface area contributed by atoms with E-state index in [1.54, 1.807) is 0 Å². The molecule has 4 heteroatoms. The molecule has 4 nitrogen and oxygen atoms in total. The summed E-state index contributed by atoms with van der Waals surface area (Å²) >= 11 is 0. The van der Waals surface area contributed by atoms with Crippen LogP contribution in [0.15, 0.2) is 30.3 Å². The Morgan fingerprint density at radius 3 is 2.58 bits per heavy atom. The lowest BCUT2D eigenvalue weighted by atomic mass is 9.95. The Kier molecular flexibility index (Phi) is 4.08. The van der Waals surface area contributed by atoms with Gasteiger partial charge in [0.25, 0.3) is 5.91 Å². The largest absolute Gasteiger partial charge is 0.325 e. The summed E-state index contributed by atoms with van der Waals surface area (Å²) in [5.41, 5.74) is 1.98. The highest BCUT2D eigenvalue weighted by atomic mass is 16.2. The molecule has 0 aromatic heterocycles. The fraction of sp³-hybridized carbons (Fsp3) is 0.400. The smallest absolute Gasteiger partial charge is 0.258 e. The molecule has 1 aliphatic rings. The van der Waals surface area contributed by atoms with E-state index in [-0.39, 0.29) is 11.8 Å². The van der Waals surface area contributed by atoms with Crippen LogP contribution in [0.5, 0.6) is 0 Å². The minimum atomic E-state index is -0.467. The fourth-order valence-corrected chi connectivity index (χ4v) is 3.00. The highest BCUT2D eigenvalue weighted by Crippen LogP contribution is 2.41. The van der Waals surface area contributed by atoms with Gasteiger partial charge in [-0.25, -0.2) is 0 Å². The van der Waals surface area contributed by atoms with Crippen molar-refractivity contribution in [1.82, 2.24) is 0 Å². The van der Waals surface area contributed by atoms with Crippen molar-refractivity contribution in [3.8, 4) is 0 Å². The van der Waals surface area contributed by atoms with E-state index in [0.717, 1.165) is 47.1 Å². The van der Waals surface area contributed by atoms with Crippen LogP contribution >= 0.6 is 0 Å². The zero-order valence-electron chi connectivity index (χ0n) is 14.8. The third kappa shape index (κ3) is 2.66. The minimum Gasteiger partial charge on any atom is -0.325 e. The number of amides is 2. The Labute approximate surface area is 142 Å². The molecule has 0 fully saturated rings. The van der Waals surface area contributed by atoms with E-state index < -0.39 is 5.41 Å². The topological polar surface area (TPSA) is 49.4 Å². The highest BCUT2D eigenvalue weighted by Gasteiger charge is 2.30. The van der Waals surface area contributed by atoms with Gasteiger partial charge in [0.2, 0.25) is 5.91 Å². The van der Waals surface area contributed by atoms with Gasteiger partial charge in [-0.15, -0.1) is 0 Å². The minimum absolute atomic E-state index is 0.0321. The summed E-state index contributed by atoms with van der Waals surface area (Å²) in [6.45, 7) is 8.51. The van der Waals surface area contributed by atoms with Gasteiger partial charge in [-0.1, -0.05) is 46.2 Å². The molecule has 24 heavy (non-hydrogen) atoms. The predicted molar refractivity (Wildman–Crippen MR) is 98.6 cm³/mol. The number of carbonyl (C=O) groups excluding carboxylic acids is 2. The molecule has 1 N–H and O–H groups in total. The van der Waals surface area contributed by atoms with E-state index in [4.69, 9.17) is 0 Å². The number of hydrogen-bond donors (Lipinski definition) is 1. The lowest BCUT2D eigenvalue weighted by molar-refractivity contribution is -0.123. The molecule has 0 atom stereocenters. The van der Waals surface area contributed by atoms with E-state index in [1.807, 2.05) is 56.0 Å². The summed E-state index contributed by atoms with van der Waals surface area (Å²) in [7, 11) is 0. The molecular formula is C20H24N2O2. The van der Waals surface area contributed by atoms with Crippen LogP contribution < -0.4 is 10.2 Å². The van der Waals surface area contributed by atoms with Crippen LogP contribution in [-0.2, 0) is 4.79 Å². The molecular weight excluding hydrogens is 300 g/mol. The first-order chi connectivity index (χ1) is 11.3. The number of nitrogens with one attached hydrogen (secondary N) is 1. The number of anilines is 2. The summed E-state index contributed by atoms with van der Waals surface area (Å²) in [5, 5.41) is 4.89. The van der Waals surface area contributed by atoms with Crippen molar-refractivity contribution >= 4 is 34.0 Å². The van der Waals surface area contributed by atoms with E-state index in [0.29, 0.717) is 0 Å². The summed E-state index contributed by atoms with van der Waals surface area (Å²) in [5.74, 6) is 0.0266. The standard InChI is InChI=1S/C20H24N2O2/c1-5-6-12-22-16-11-10-15(21-19(24)20(2,3)4)13-8-7-9-14(17(13)16)18(22)23/h7-11H,5-6,12H2,1-4H3,(H,21,24). The Hall–Kier alpha value is -2.36. The number of rotatable bonds is 4. The maximum atomic E-state index is 12.7. The van der Waals surface area contributed by atoms with E-state index in [9.17, 15) is 9.59 Å². The third-order valence-corrected chi connectivity index (χ3v) is 4.45. The summed E-state index contributed by atoms with van der Waals surface area (Å²) in [6, 6.07) is 9.58. The fourth-order valence-electron chi connectivity index (χ4n) is 3.00. The third-order valence-electron chi connectivity index (χ3n) is 4.45. The van der Waals surface area contributed by atoms with Gasteiger partial charge in [-0.2, -0.15) is 0 Å². The molecule has 1 heterocycles. The van der Waals surface area contributed by atoms with Gasteiger partial charge in [-0.3, -0.25) is 9.59 Å². The average Bonchev–Trinajstić information content (AvgIpc) is 2.81. The van der Waals surface area contributed by atoms with Gasteiger partial charge in [0.1, 0.15) is 0 Å². The van der Waals surface area contributed by atoms with Crippen molar-refractivity contribution in [1.29, 1.82) is 0 Å². The summed E-state index contributed by atoms with van der Waals surface area (Å²) in [6.07, 6.45) is 2.02. The molecule has 1 aliphatic heterocycles. The van der Waals surface area contributed by atoms with Crippen LogP contribution in [0.4, 0.5) is 11.4 Å². The number of nitrogens with zero attached hydrogens (tertiary/aromatic N) is 1. The molecule has 2 aromatic carbocycles. The van der Waals surface area contributed by atoms with Crippen molar-refractivity contribution in [2.45, 2.75) is 40.5 Å². The normalized spacial score (nSPS) is 13.7. The molecule has 0 bridgehead atoms. The summed E-state index contributed by atoms with van der Waals surface area (Å²) < 4.78 is 0. The Morgan fingerprint density at radius 1 is 1.17 bits per heavy atom. The first-order valence-corrected chi connectivity index (χ1v) is 8.53. The molecule has 0 unspecified atom stereocenters. The Morgan fingerprint density at radius 2 is 1.92 bits per heavy atom.